The van der Waals surface area contributed by atoms with Crippen molar-refractivity contribution in [2.75, 3.05) is 32.9 Å². The van der Waals surface area contributed by atoms with Gasteiger partial charge in [0.2, 0.25) is 15.9 Å². The zero-order valence-corrected chi connectivity index (χ0v) is 19.9. The topological polar surface area (TPSA) is 97.3 Å². The van der Waals surface area contributed by atoms with E-state index in [1.54, 1.807) is 24.3 Å². The van der Waals surface area contributed by atoms with Crippen LogP contribution in [0, 0.1) is 0 Å². The van der Waals surface area contributed by atoms with Crippen LogP contribution in [0.1, 0.15) is 37.8 Å². The van der Waals surface area contributed by atoms with E-state index in [0.29, 0.717) is 45.0 Å². The molecule has 178 valence electrons. The first-order chi connectivity index (χ1) is 15.9. The first-order valence-corrected chi connectivity index (χ1v) is 12.6. The van der Waals surface area contributed by atoms with E-state index in [-0.39, 0.29) is 17.2 Å². The van der Waals surface area contributed by atoms with E-state index in [1.807, 2.05) is 31.2 Å². The van der Waals surface area contributed by atoms with Crippen LogP contribution in [0.15, 0.2) is 58.5 Å². The second-order valence-corrected chi connectivity index (χ2v) is 9.70. The van der Waals surface area contributed by atoms with Crippen molar-refractivity contribution < 1.29 is 22.7 Å². The van der Waals surface area contributed by atoms with Crippen molar-refractivity contribution in [2.24, 2.45) is 5.10 Å². The van der Waals surface area contributed by atoms with E-state index in [2.05, 4.69) is 17.5 Å². The molecule has 8 nitrogen and oxygen atoms in total. The quantitative estimate of drug-likeness (QED) is 0.423. The van der Waals surface area contributed by atoms with E-state index in [4.69, 9.17) is 9.47 Å². The molecule has 0 bridgehead atoms. The third-order valence-electron chi connectivity index (χ3n) is 5.27. The van der Waals surface area contributed by atoms with Gasteiger partial charge in [-0.1, -0.05) is 19.1 Å². The second kappa shape index (κ2) is 11.9. The first kappa shape index (κ1) is 24.9. The van der Waals surface area contributed by atoms with Crippen LogP contribution in [0.3, 0.4) is 0 Å². The molecule has 0 spiro atoms. The minimum Gasteiger partial charge on any atom is -0.494 e. The Morgan fingerprint density at radius 3 is 2.39 bits per heavy atom. The lowest BCUT2D eigenvalue weighted by atomic mass is 10.1. The van der Waals surface area contributed by atoms with Crippen LogP contribution in [-0.2, 0) is 26.0 Å². The van der Waals surface area contributed by atoms with E-state index in [1.165, 1.54) is 4.31 Å². The van der Waals surface area contributed by atoms with Gasteiger partial charge < -0.3 is 9.47 Å². The predicted molar refractivity (Wildman–Crippen MR) is 127 cm³/mol. The summed E-state index contributed by atoms with van der Waals surface area (Å²) in [5.74, 6) is 0.600. The normalized spacial score (nSPS) is 15.3. The molecule has 9 heteroatoms. The van der Waals surface area contributed by atoms with Crippen molar-refractivity contribution in [3.63, 3.8) is 0 Å². The molecule has 2 aromatic rings. The van der Waals surface area contributed by atoms with Gasteiger partial charge in [-0.15, -0.1) is 0 Å². The number of sulfonamides is 1. The number of ether oxygens (including phenoxy) is 2. The lowest BCUT2D eigenvalue weighted by Gasteiger charge is -2.26. The van der Waals surface area contributed by atoms with Crippen molar-refractivity contribution in [1.82, 2.24) is 9.73 Å². The second-order valence-electron chi connectivity index (χ2n) is 7.77. The number of carbonyl (C=O) groups is 1. The van der Waals surface area contributed by atoms with E-state index in [9.17, 15) is 13.2 Å². The monoisotopic (exact) mass is 473 g/mol. The number of hydrogen-bond acceptors (Lipinski definition) is 6. The Balaban J connectivity index is 1.49. The molecule has 1 aliphatic heterocycles. The molecule has 0 atom stereocenters. The maximum absolute atomic E-state index is 12.7. The van der Waals surface area contributed by atoms with Gasteiger partial charge in [-0.25, -0.2) is 13.8 Å². The number of aryl methyl sites for hydroxylation is 1. The molecule has 1 heterocycles. The number of hydrazone groups is 1. The molecular formula is C24H31N3O5S. The average Bonchev–Trinajstić information content (AvgIpc) is 2.86. The molecule has 0 aromatic heterocycles. The maximum atomic E-state index is 12.7. The zero-order chi connectivity index (χ0) is 23.7. The summed E-state index contributed by atoms with van der Waals surface area (Å²) in [5.41, 5.74) is 5.06. The minimum atomic E-state index is -3.51. The highest BCUT2D eigenvalue weighted by Crippen LogP contribution is 2.18. The average molecular weight is 474 g/mol. The van der Waals surface area contributed by atoms with Gasteiger partial charge in [0.1, 0.15) is 5.75 Å². The van der Waals surface area contributed by atoms with Gasteiger partial charge in [0.25, 0.3) is 0 Å². The van der Waals surface area contributed by atoms with E-state index < -0.39 is 10.0 Å². The van der Waals surface area contributed by atoms with Crippen LogP contribution in [0.25, 0.3) is 0 Å². The van der Waals surface area contributed by atoms with Crippen LogP contribution in [0.4, 0.5) is 0 Å². The first-order valence-electron chi connectivity index (χ1n) is 11.1. The lowest BCUT2D eigenvalue weighted by Crippen LogP contribution is -2.40. The highest BCUT2D eigenvalue weighted by molar-refractivity contribution is 7.89. The zero-order valence-electron chi connectivity index (χ0n) is 19.1. The van der Waals surface area contributed by atoms with Gasteiger partial charge in [0.15, 0.2) is 0 Å². The number of nitrogens with one attached hydrogen (secondary N) is 1. The Labute approximate surface area is 195 Å². The molecule has 1 N–H and O–H groups in total. The van der Waals surface area contributed by atoms with Crippen LogP contribution in [0.2, 0.25) is 0 Å². The SMILES string of the molecule is CCCOc1ccc(/C(C)=N/NC(=O)CCc2ccc(S(=O)(=O)N3CCOCC3)cc2)cc1. The molecule has 3 rings (SSSR count). The molecule has 1 aliphatic rings. The molecule has 1 fully saturated rings. The number of benzene rings is 2. The molecule has 2 aromatic carbocycles. The van der Waals surface area contributed by atoms with Crippen molar-refractivity contribution in [1.29, 1.82) is 0 Å². The van der Waals surface area contributed by atoms with Crippen molar-refractivity contribution in [3.8, 4) is 5.75 Å². The smallest absolute Gasteiger partial charge is 0.243 e. The van der Waals surface area contributed by atoms with Gasteiger partial charge in [-0.05, 0) is 67.3 Å². The van der Waals surface area contributed by atoms with Crippen LogP contribution >= 0.6 is 0 Å². The van der Waals surface area contributed by atoms with Crippen molar-refractivity contribution >= 4 is 21.6 Å². The number of nitrogens with zero attached hydrogens (tertiary/aromatic N) is 2. The Hall–Kier alpha value is -2.75. The summed E-state index contributed by atoms with van der Waals surface area (Å²) >= 11 is 0. The minimum absolute atomic E-state index is 0.206. The van der Waals surface area contributed by atoms with Gasteiger partial charge in [0.05, 0.1) is 30.4 Å². The third kappa shape index (κ3) is 7.12. The van der Waals surface area contributed by atoms with E-state index >= 15 is 0 Å². The fourth-order valence-electron chi connectivity index (χ4n) is 3.30. The summed E-state index contributed by atoms with van der Waals surface area (Å²) < 4.78 is 37.6. The number of morpholine rings is 1. The Morgan fingerprint density at radius 2 is 1.76 bits per heavy atom. The standard InChI is InChI=1S/C24H31N3O5S/c1-3-16-32-22-9-7-21(8-10-22)19(2)25-26-24(28)13-6-20-4-11-23(12-5-20)33(29,30)27-14-17-31-18-15-27/h4-5,7-12H,3,6,13-18H2,1-2H3,(H,26,28)/b25-19+. The van der Waals surface area contributed by atoms with Crippen LogP contribution < -0.4 is 10.2 Å². The molecule has 0 saturated carbocycles. The Bertz CT molecular complexity index is 1040. The van der Waals surface area contributed by atoms with Gasteiger partial charge >= 0.3 is 0 Å². The highest BCUT2D eigenvalue weighted by Gasteiger charge is 2.26. The Morgan fingerprint density at radius 1 is 1.09 bits per heavy atom. The van der Waals surface area contributed by atoms with Gasteiger partial charge in [-0.3, -0.25) is 4.79 Å². The molecule has 0 radical (unpaired) electrons. The van der Waals surface area contributed by atoms with Crippen molar-refractivity contribution in [3.05, 3.63) is 59.7 Å². The molecule has 33 heavy (non-hydrogen) atoms. The molecule has 0 aliphatic carbocycles. The van der Waals surface area contributed by atoms with Crippen LogP contribution in [0.5, 0.6) is 5.75 Å². The summed E-state index contributed by atoms with van der Waals surface area (Å²) in [7, 11) is -3.51. The van der Waals surface area contributed by atoms with Crippen LogP contribution in [-0.4, -0.2) is 57.3 Å². The summed E-state index contributed by atoms with van der Waals surface area (Å²) in [6.07, 6.45) is 1.68. The van der Waals surface area contributed by atoms with Crippen molar-refractivity contribution in [2.45, 2.75) is 38.0 Å². The summed E-state index contributed by atoms with van der Waals surface area (Å²) in [6, 6.07) is 14.3. The fourth-order valence-corrected chi connectivity index (χ4v) is 4.71. The summed E-state index contributed by atoms with van der Waals surface area (Å²) in [6.45, 7) is 6.10. The van der Waals surface area contributed by atoms with Gasteiger partial charge in [-0.2, -0.15) is 9.41 Å². The summed E-state index contributed by atoms with van der Waals surface area (Å²) in [4.78, 5) is 12.5. The number of amides is 1. The number of hydrogen-bond donors (Lipinski definition) is 1. The summed E-state index contributed by atoms with van der Waals surface area (Å²) in [5, 5.41) is 4.18. The molecular weight excluding hydrogens is 442 g/mol. The number of rotatable bonds is 10. The number of carbonyl (C=O) groups excluding carboxylic acids is 1. The fraction of sp³-hybridized carbons (Fsp3) is 0.417. The lowest BCUT2D eigenvalue weighted by molar-refractivity contribution is -0.121. The predicted octanol–water partition coefficient (Wildman–Crippen LogP) is 2.97. The molecule has 1 saturated heterocycles. The maximum Gasteiger partial charge on any atom is 0.243 e. The highest BCUT2D eigenvalue weighted by atomic mass is 32.2. The third-order valence-corrected chi connectivity index (χ3v) is 7.18. The van der Waals surface area contributed by atoms with E-state index in [0.717, 1.165) is 23.3 Å². The molecule has 0 unspecified atom stereocenters. The molecule has 1 amide bonds. The van der Waals surface area contributed by atoms with Gasteiger partial charge in [0, 0.05) is 19.5 Å². The largest absolute Gasteiger partial charge is 0.494 e. The Kier molecular flexibility index (Phi) is 8.99.